The standard InChI is InChI=1S/C17H15ClN4O3S2/c1-10-3-8-14(9-11(10)2)22-27(24,25)17-21-20-16(26-17)19-15(23)12-4-6-13(18)7-5-12/h3-9,22H,1-2H3,(H,19,20,23). The zero-order chi connectivity index (χ0) is 19.6. The molecule has 0 saturated heterocycles. The summed E-state index contributed by atoms with van der Waals surface area (Å²) in [4.78, 5) is 12.2. The van der Waals surface area contributed by atoms with Gasteiger partial charge in [-0.1, -0.05) is 29.0 Å². The van der Waals surface area contributed by atoms with Gasteiger partial charge in [0, 0.05) is 16.3 Å². The lowest BCUT2D eigenvalue weighted by atomic mass is 10.1. The van der Waals surface area contributed by atoms with E-state index in [1.165, 1.54) is 0 Å². The van der Waals surface area contributed by atoms with Gasteiger partial charge in [0.2, 0.25) is 5.13 Å². The highest BCUT2D eigenvalue weighted by Crippen LogP contribution is 2.24. The molecule has 0 saturated carbocycles. The Labute approximate surface area is 165 Å². The van der Waals surface area contributed by atoms with Crippen molar-refractivity contribution in [3.8, 4) is 0 Å². The van der Waals surface area contributed by atoms with Crippen molar-refractivity contribution in [2.24, 2.45) is 0 Å². The van der Waals surface area contributed by atoms with Crippen LogP contribution >= 0.6 is 22.9 Å². The Morgan fingerprint density at radius 3 is 2.41 bits per heavy atom. The van der Waals surface area contributed by atoms with E-state index < -0.39 is 15.9 Å². The van der Waals surface area contributed by atoms with E-state index >= 15 is 0 Å². The van der Waals surface area contributed by atoms with Crippen LogP contribution in [-0.2, 0) is 10.0 Å². The predicted octanol–water partition coefficient (Wildman–Crippen LogP) is 3.86. The number of anilines is 2. The third-order valence-electron chi connectivity index (χ3n) is 3.72. The molecule has 0 radical (unpaired) electrons. The van der Waals surface area contributed by atoms with Gasteiger partial charge in [0.1, 0.15) is 0 Å². The molecule has 3 aromatic rings. The predicted molar refractivity (Wildman–Crippen MR) is 106 cm³/mol. The molecule has 1 amide bonds. The van der Waals surface area contributed by atoms with Crippen molar-refractivity contribution in [1.29, 1.82) is 0 Å². The van der Waals surface area contributed by atoms with E-state index in [1.807, 2.05) is 19.9 Å². The number of hydrogen-bond acceptors (Lipinski definition) is 6. The van der Waals surface area contributed by atoms with Crippen LogP contribution < -0.4 is 10.0 Å². The number of rotatable bonds is 5. The first-order chi connectivity index (χ1) is 12.7. The summed E-state index contributed by atoms with van der Waals surface area (Å²) in [6, 6.07) is 11.5. The maximum atomic E-state index is 12.5. The zero-order valence-electron chi connectivity index (χ0n) is 14.4. The molecule has 0 fully saturated rings. The Morgan fingerprint density at radius 1 is 1.04 bits per heavy atom. The minimum atomic E-state index is -3.90. The maximum Gasteiger partial charge on any atom is 0.291 e. The molecule has 140 valence electrons. The number of aromatic nitrogens is 2. The molecule has 0 aliphatic rings. The highest BCUT2D eigenvalue weighted by molar-refractivity contribution is 7.94. The summed E-state index contributed by atoms with van der Waals surface area (Å²) >= 11 is 6.55. The van der Waals surface area contributed by atoms with Crippen molar-refractivity contribution >= 4 is 49.7 Å². The lowest BCUT2D eigenvalue weighted by Crippen LogP contribution is -2.12. The van der Waals surface area contributed by atoms with Crippen molar-refractivity contribution in [2.75, 3.05) is 10.0 Å². The third kappa shape index (κ3) is 4.62. The molecule has 3 rings (SSSR count). The Morgan fingerprint density at radius 2 is 1.74 bits per heavy atom. The van der Waals surface area contributed by atoms with Crippen LogP contribution in [0.1, 0.15) is 21.5 Å². The fraction of sp³-hybridized carbons (Fsp3) is 0.118. The largest absolute Gasteiger partial charge is 0.296 e. The Hall–Kier alpha value is -2.49. The fourth-order valence-electron chi connectivity index (χ4n) is 2.14. The summed E-state index contributed by atoms with van der Waals surface area (Å²) < 4.78 is 27.2. The van der Waals surface area contributed by atoms with Gasteiger partial charge in [-0.3, -0.25) is 14.8 Å². The zero-order valence-corrected chi connectivity index (χ0v) is 16.7. The van der Waals surface area contributed by atoms with E-state index in [1.54, 1.807) is 36.4 Å². The number of hydrogen-bond donors (Lipinski definition) is 2. The first-order valence-electron chi connectivity index (χ1n) is 7.75. The normalized spacial score (nSPS) is 11.2. The van der Waals surface area contributed by atoms with Gasteiger partial charge in [-0.05, 0) is 61.4 Å². The average Bonchev–Trinajstić information content (AvgIpc) is 3.08. The van der Waals surface area contributed by atoms with Gasteiger partial charge in [-0.2, -0.15) is 8.42 Å². The molecule has 7 nitrogen and oxygen atoms in total. The van der Waals surface area contributed by atoms with E-state index in [4.69, 9.17) is 11.6 Å². The second-order valence-electron chi connectivity index (χ2n) is 5.74. The van der Waals surface area contributed by atoms with Crippen molar-refractivity contribution in [2.45, 2.75) is 18.2 Å². The van der Waals surface area contributed by atoms with Crippen LogP contribution in [0.25, 0.3) is 0 Å². The Balaban J connectivity index is 1.74. The van der Waals surface area contributed by atoms with Crippen molar-refractivity contribution < 1.29 is 13.2 Å². The van der Waals surface area contributed by atoms with E-state index in [9.17, 15) is 13.2 Å². The SMILES string of the molecule is Cc1ccc(NS(=O)(=O)c2nnc(NC(=O)c3ccc(Cl)cc3)s2)cc1C. The summed E-state index contributed by atoms with van der Waals surface area (Å²) in [5.41, 5.74) is 2.82. The van der Waals surface area contributed by atoms with Gasteiger partial charge >= 0.3 is 0 Å². The quantitative estimate of drug-likeness (QED) is 0.608. The molecule has 0 bridgehead atoms. The summed E-state index contributed by atoms with van der Waals surface area (Å²) in [5, 5.41) is 10.5. The van der Waals surface area contributed by atoms with Gasteiger partial charge < -0.3 is 0 Å². The number of sulfonamides is 1. The first kappa shape index (κ1) is 19.3. The van der Waals surface area contributed by atoms with Gasteiger partial charge in [0.15, 0.2) is 0 Å². The number of aryl methyl sites for hydroxylation is 2. The van der Waals surface area contributed by atoms with Crippen molar-refractivity contribution in [3.05, 3.63) is 64.2 Å². The Bertz CT molecular complexity index is 1100. The number of halogens is 1. The summed E-state index contributed by atoms with van der Waals surface area (Å²) in [6.07, 6.45) is 0. The second kappa shape index (κ2) is 7.63. The molecule has 0 atom stereocenters. The Kier molecular flexibility index (Phi) is 5.45. The van der Waals surface area contributed by atoms with Crippen LogP contribution in [0.5, 0.6) is 0 Å². The molecule has 1 heterocycles. The van der Waals surface area contributed by atoms with Crippen LogP contribution in [0.15, 0.2) is 46.8 Å². The monoisotopic (exact) mass is 422 g/mol. The van der Waals surface area contributed by atoms with E-state index in [0.29, 0.717) is 16.3 Å². The number of carbonyl (C=O) groups is 1. The number of benzene rings is 2. The molecule has 0 spiro atoms. The van der Waals surface area contributed by atoms with Gasteiger partial charge in [0.25, 0.3) is 20.3 Å². The van der Waals surface area contributed by atoms with Crippen molar-refractivity contribution in [3.63, 3.8) is 0 Å². The summed E-state index contributed by atoms with van der Waals surface area (Å²) in [7, 11) is -3.90. The number of carbonyl (C=O) groups excluding carboxylic acids is 1. The number of nitrogens with zero attached hydrogens (tertiary/aromatic N) is 2. The summed E-state index contributed by atoms with van der Waals surface area (Å²) in [5.74, 6) is -0.436. The van der Waals surface area contributed by atoms with Crippen LogP contribution in [0.3, 0.4) is 0 Å². The van der Waals surface area contributed by atoms with Crippen LogP contribution in [-0.4, -0.2) is 24.5 Å². The molecule has 0 aliphatic carbocycles. The topological polar surface area (TPSA) is 101 Å². The highest BCUT2D eigenvalue weighted by Gasteiger charge is 2.21. The number of nitrogens with one attached hydrogen (secondary N) is 2. The first-order valence-corrected chi connectivity index (χ1v) is 10.4. The fourth-order valence-corrected chi connectivity index (χ4v) is 4.22. The smallest absolute Gasteiger partial charge is 0.291 e. The molecule has 2 N–H and O–H groups in total. The third-order valence-corrected chi connectivity index (χ3v) is 6.56. The number of amides is 1. The maximum absolute atomic E-state index is 12.5. The lowest BCUT2D eigenvalue weighted by molar-refractivity contribution is 0.102. The van der Waals surface area contributed by atoms with Crippen LogP contribution in [0.4, 0.5) is 10.8 Å². The molecule has 1 aromatic heterocycles. The van der Waals surface area contributed by atoms with Crippen LogP contribution in [0.2, 0.25) is 5.02 Å². The molecule has 0 unspecified atom stereocenters. The van der Waals surface area contributed by atoms with Gasteiger partial charge in [-0.15, -0.1) is 10.2 Å². The van der Waals surface area contributed by atoms with Gasteiger partial charge in [0.05, 0.1) is 0 Å². The van der Waals surface area contributed by atoms with E-state index in [2.05, 4.69) is 20.2 Å². The van der Waals surface area contributed by atoms with Crippen molar-refractivity contribution in [1.82, 2.24) is 10.2 Å². The lowest BCUT2D eigenvalue weighted by Gasteiger charge is -2.07. The highest BCUT2D eigenvalue weighted by atomic mass is 35.5. The second-order valence-corrected chi connectivity index (χ2v) is 9.01. The minimum Gasteiger partial charge on any atom is -0.296 e. The van der Waals surface area contributed by atoms with Gasteiger partial charge in [-0.25, -0.2) is 0 Å². The molecule has 27 heavy (non-hydrogen) atoms. The van der Waals surface area contributed by atoms with E-state index in [0.717, 1.165) is 22.5 Å². The molecular formula is C17H15ClN4O3S2. The summed E-state index contributed by atoms with van der Waals surface area (Å²) in [6.45, 7) is 3.83. The molecule has 2 aromatic carbocycles. The average molecular weight is 423 g/mol. The van der Waals surface area contributed by atoms with E-state index in [-0.39, 0.29) is 9.47 Å². The minimum absolute atomic E-state index is 0.0791. The molecule has 10 heteroatoms. The van der Waals surface area contributed by atoms with Crippen LogP contribution in [0, 0.1) is 13.8 Å². The molecule has 0 aliphatic heterocycles. The molecular weight excluding hydrogens is 408 g/mol.